The Morgan fingerprint density at radius 2 is 2.05 bits per heavy atom. The lowest BCUT2D eigenvalue weighted by Crippen LogP contribution is -2.33. The third kappa shape index (κ3) is 6.20. The van der Waals surface area contributed by atoms with Crippen LogP contribution in [0.1, 0.15) is 18.9 Å². The lowest BCUT2D eigenvalue weighted by Gasteiger charge is -2.11. The maximum Gasteiger partial charge on any atom is 0.323 e. The molecule has 0 aliphatic carbocycles. The first-order valence-corrected chi connectivity index (χ1v) is 6.60. The largest absolute Gasteiger partial charge is 0.460 e. The number of esters is 1. The van der Waals surface area contributed by atoms with E-state index in [1.807, 2.05) is 6.92 Å². The van der Waals surface area contributed by atoms with Gasteiger partial charge < -0.3 is 15.2 Å². The van der Waals surface area contributed by atoms with Crippen molar-refractivity contribution in [1.82, 2.24) is 4.98 Å². The van der Waals surface area contributed by atoms with E-state index in [0.29, 0.717) is 25.2 Å². The zero-order chi connectivity index (χ0) is 14.3. The fourth-order valence-electron chi connectivity index (χ4n) is 1.33. The number of aromatic nitrogens is 1. The summed E-state index contributed by atoms with van der Waals surface area (Å²) in [6, 6.07) is 2.46. The zero-order valence-corrected chi connectivity index (χ0v) is 12.1. The molecule has 0 radical (unpaired) electrons. The molecule has 1 aromatic heterocycles. The Morgan fingerprint density at radius 1 is 1.42 bits per heavy atom. The lowest BCUT2D eigenvalue weighted by atomic mass is 10.2. The average Bonchev–Trinajstić information content (AvgIpc) is 2.35. The second kappa shape index (κ2) is 8.32. The Bertz CT molecular complexity index is 409. The minimum Gasteiger partial charge on any atom is -0.460 e. The van der Waals surface area contributed by atoms with Crippen LogP contribution in [0.15, 0.2) is 12.1 Å². The summed E-state index contributed by atoms with van der Waals surface area (Å²) < 4.78 is 10.2. The smallest absolute Gasteiger partial charge is 0.323 e. The summed E-state index contributed by atoms with van der Waals surface area (Å²) in [5.41, 5.74) is 6.33. The number of nitrogens with zero attached hydrogens (tertiary/aromatic N) is 1. The molecule has 0 fully saturated rings. The third-order valence-corrected chi connectivity index (χ3v) is 2.67. The molecule has 0 unspecified atom stereocenters. The maximum absolute atomic E-state index is 11.6. The first-order valence-electron chi connectivity index (χ1n) is 5.85. The number of halogens is 2. The highest BCUT2D eigenvalue weighted by atomic mass is 35.5. The van der Waals surface area contributed by atoms with E-state index in [1.54, 1.807) is 12.1 Å². The summed E-state index contributed by atoms with van der Waals surface area (Å²) in [6.45, 7) is 2.96. The summed E-state index contributed by atoms with van der Waals surface area (Å²) in [5.74, 6) is -0.483. The van der Waals surface area contributed by atoms with Gasteiger partial charge in [0, 0.05) is 13.2 Å². The molecule has 0 aliphatic heterocycles. The van der Waals surface area contributed by atoms with Crippen molar-refractivity contribution in [2.24, 2.45) is 5.73 Å². The number of ether oxygens (including phenoxy) is 2. The molecule has 0 amide bonds. The molecule has 5 nitrogen and oxygen atoms in total. The predicted molar refractivity (Wildman–Crippen MR) is 73.1 cm³/mol. The second-order valence-electron chi connectivity index (χ2n) is 3.82. The number of rotatable bonds is 7. The fourth-order valence-corrected chi connectivity index (χ4v) is 1.84. The van der Waals surface area contributed by atoms with Crippen molar-refractivity contribution in [2.45, 2.75) is 26.0 Å². The Hall–Kier alpha value is -0.880. The highest BCUT2D eigenvalue weighted by Crippen LogP contribution is 2.15. The Morgan fingerprint density at radius 3 is 2.63 bits per heavy atom. The van der Waals surface area contributed by atoms with Gasteiger partial charge in [-0.15, -0.1) is 0 Å². The number of carbonyl (C=O) groups excluding carboxylic acids is 1. The molecular formula is C12H16Cl2N2O3. The molecule has 1 rings (SSSR count). The topological polar surface area (TPSA) is 74.4 Å². The monoisotopic (exact) mass is 306 g/mol. The van der Waals surface area contributed by atoms with Gasteiger partial charge in [-0.05, 0) is 31.0 Å². The van der Waals surface area contributed by atoms with Crippen molar-refractivity contribution in [3.05, 3.63) is 28.0 Å². The van der Waals surface area contributed by atoms with E-state index in [9.17, 15) is 4.79 Å². The van der Waals surface area contributed by atoms with Crippen LogP contribution in [0.5, 0.6) is 0 Å². The van der Waals surface area contributed by atoms with Crippen molar-refractivity contribution in [2.75, 3.05) is 13.2 Å². The van der Waals surface area contributed by atoms with Crippen molar-refractivity contribution >= 4 is 29.2 Å². The third-order valence-electron chi connectivity index (χ3n) is 2.28. The Kier molecular flexibility index (Phi) is 7.09. The summed E-state index contributed by atoms with van der Waals surface area (Å²) in [4.78, 5) is 15.4. The molecule has 19 heavy (non-hydrogen) atoms. The molecule has 0 bridgehead atoms. The lowest BCUT2D eigenvalue weighted by molar-refractivity contribution is -0.147. The highest BCUT2D eigenvalue weighted by molar-refractivity contribution is 6.32. The van der Waals surface area contributed by atoms with E-state index < -0.39 is 12.0 Å². The van der Waals surface area contributed by atoms with E-state index in [-0.39, 0.29) is 16.9 Å². The minimum absolute atomic E-state index is 0.0587. The van der Waals surface area contributed by atoms with Crippen molar-refractivity contribution in [1.29, 1.82) is 0 Å². The quantitative estimate of drug-likeness (QED) is 0.475. The van der Waals surface area contributed by atoms with Crippen LogP contribution in [-0.2, 0) is 20.9 Å². The molecule has 1 heterocycles. The molecule has 0 saturated carbocycles. The second-order valence-corrected chi connectivity index (χ2v) is 4.60. The van der Waals surface area contributed by atoms with Gasteiger partial charge in [-0.3, -0.25) is 4.79 Å². The van der Waals surface area contributed by atoms with E-state index >= 15 is 0 Å². The van der Waals surface area contributed by atoms with Crippen LogP contribution in [-0.4, -0.2) is 30.2 Å². The van der Waals surface area contributed by atoms with Gasteiger partial charge in [-0.2, -0.15) is 0 Å². The number of hydrogen-bond donors (Lipinski definition) is 1. The number of pyridine rings is 1. The molecule has 2 N–H and O–H groups in total. The van der Waals surface area contributed by atoms with Crippen LogP contribution < -0.4 is 5.73 Å². The first-order chi connectivity index (χ1) is 9.02. The number of nitrogens with two attached hydrogens (primary N) is 1. The SMILES string of the molecule is CCOCC[C@H](N)C(=O)OCc1cc(Cl)nc(Cl)c1. The van der Waals surface area contributed by atoms with Gasteiger partial charge in [0.15, 0.2) is 0 Å². The van der Waals surface area contributed by atoms with Crippen LogP contribution in [0.2, 0.25) is 10.3 Å². The van der Waals surface area contributed by atoms with Crippen LogP contribution in [0.25, 0.3) is 0 Å². The Labute approximate surface area is 122 Å². The van der Waals surface area contributed by atoms with Gasteiger partial charge >= 0.3 is 5.97 Å². The van der Waals surface area contributed by atoms with Gasteiger partial charge in [-0.25, -0.2) is 4.98 Å². The summed E-state index contributed by atoms with van der Waals surface area (Å²) in [7, 11) is 0. The van der Waals surface area contributed by atoms with Gasteiger partial charge in [0.2, 0.25) is 0 Å². The minimum atomic E-state index is -0.695. The van der Waals surface area contributed by atoms with Crippen LogP contribution in [0, 0.1) is 0 Å². The molecule has 1 aromatic rings. The van der Waals surface area contributed by atoms with Crippen LogP contribution in [0.3, 0.4) is 0 Å². The van der Waals surface area contributed by atoms with Gasteiger partial charge in [0.25, 0.3) is 0 Å². The fraction of sp³-hybridized carbons (Fsp3) is 0.500. The summed E-state index contributed by atoms with van der Waals surface area (Å²) in [6.07, 6.45) is 0.421. The molecule has 7 heteroatoms. The van der Waals surface area contributed by atoms with Crippen molar-refractivity contribution < 1.29 is 14.3 Å². The van der Waals surface area contributed by atoms with E-state index in [2.05, 4.69) is 4.98 Å². The van der Waals surface area contributed by atoms with E-state index in [0.717, 1.165) is 0 Å². The molecule has 106 valence electrons. The van der Waals surface area contributed by atoms with Gasteiger partial charge in [0.1, 0.15) is 23.0 Å². The molecule has 1 atom stereocenters. The first kappa shape index (κ1) is 16.2. The standard InChI is InChI=1S/C12H16Cl2N2O3/c1-2-18-4-3-9(15)12(17)19-7-8-5-10(13)16-11(14)6-8/h5-6,9H,2-4,7,15H2,1H3/t9-/m0/s1. The summed E-state index contributed by atoms with van der Waals surface area (Å²) >= 11 is 11.5. The van der Waals surface area contributed by atoms with Gasteiger partial charge in [-0.1, -0.05) is 23.2 Å². The van der Waals surface area contributed by atoms with E-state index in [4.69, 9.17) is 38.4 Å². The zero-order valence-electron chi connectivity index (χ0n) is 10.6. The predicted octanol–water partition coefficient (Wildman–Crippen LogP) is 2.19. The maximum atomic E-state index is 11.6. The van der Waals surface area contributed by atoms with Gasteiger partial charge in [0.05, 0.1) is 0 Å². The molecule has 0 aliphatic rings. The molecule has 0 saturated heterocycles. The normalized spacial score (nSPS) is 12.2. The Balaban J connectivity index is 2.40. The number of hydrogen-bond acceptors (Lipinski definition) is 5. The molecule has 0 aromatic carbocycles. The molecule has 0 spiro atoms. The number of carbonyl (C=O) groups is 1. The molecular weight excluding hydrogens is 291 g/mol. The van der Waals surface area contributed by atoms with E-state index in [1.165, 1.54) is 0 Å². The van der Waals surface area contributed by atoms with Crippen molar-refractivity contribution in [3.8, 4) is 0 Å². The highest BCUT2D eigenvalue weighted by Gasteiger charge is 2.15. The van der Waals surface area contributed by atoms with Crippen molar-refractivity contribution in [3.63, 3.8) is 0 Å². The summed E-state index contributed by atoms with van der Waals surface area (Å²) in [5, 5.41) is 0.499. The van der Waals surface area contributed by atoms with Crippen LogP contribution >= 0.6 is 23.2 Å². The van der Waals surface area contributed by atoms with Crippen LogP contribution in [0.4, 0.5) is 0 Å². The average molecular weight is 307 g/mol.